The van der Waals surface area contributed by atoms with Gasteiger partial charge in [0.25, 0.3) is 0 Å². The molecule has 1 fully saturated rings. The van der Waals surface area contributed by atoms with Gasteiger partial charge in [-0.3, -0.25) is 0 Å². The summed E-state index contributed by atoms with van der Waals surface area (Å²) in [6.07, 6.45) is -0.106. The third-order valence-corrected chi connectivity index (χ3v) is 3.12. The third kappa shape index (κ3) is 4.41. The second-order valence-electron chi connectivity index (χ2n) is 3.50. The van der Waals surface area contributed by atoms with E-state index in [-0.39, 0.29) is 0 Å². The number of hydrogen-bond donors (Lipinski definition) is 0. The van der Waals surface area contributed by atoms with Crippen molar-refractivity contribution in [3.05, 3.63) is 0 Å². The quantitative estimate of drug-likeness (QED) is 0.445. The van der Waals surface area contributed by atoms with Crippen molar-refractivity contribution in [1.29, 1.82) is 0 Å². The average Bonchev–Trinajstić information content (AvgIpc) is 2.16. The molecule has 17 heavy (non-hydrogen) atoms. The Balaban J connectivity index is 2.46. The zero-order valence-corrected chi connectivity index (χ0v) is 9.88. The summed E-state index contributed by atoms with van der Waals surface area (Å²) >= 11 is 0. The van der Waals surface area contributed by atoms with Crippen molar-refractivity contribution in [2.24, 2.45) is 0 Å². The van der Waals surface area contributed by atoms with Crippen LogP contribution in [-0.2, 0) is 23.8 Å². The Kier molecular flexibility index (Phi) is 4.76. The average molecular weight is 278 g/mol. The highest BCUT2D eigenvalue weighted by molar-refractivity contribution is 7.87. The highest BCUT2D eigenvalue weighted by Crippen LogP contribution is 2.26. The van der Waals surface area contributed by atoms with E-state index in [4.69, 9.17) is 9.47 Å². The Bertz CT molecular complexity index is 334. The Morgan fingerprint density at radius 1 is 1.35 bits per heavy atom. The molecule has 0 amide bonds. The van der Waals surface area contributed by atoms with E-state index < -0.39 is 28.2 Å². The molecule has 1 aliphatic rings. The van der Waals surface area contributed by atoms with E-state index in [1.165, 1.54) is 0 Å². The molecule has 0 saturated carbocycles. The molecule has 5 nitrogen and oxygen atoms in total. The molecule has 1 rings (SSSR count). The molecule has 0 spiro atoms. The van der Waals surface area contributed by atoms with Gasteiger partial charge in [-0.15, -0.1) is 0 Å². The largest absolute Gasteiger partial charge is 0.523 e. The van der Waals surface area contributed by atoms with E-state index in [0.717, 1.165) is 19.8 Å². The van der Waals surface area contributed by atoms with Crippen LogP contribution in [0.5, 0.6) is 0 Å². The standard InChI is InChI=1S/C8H13F3O5S/c1-6(15-7-4-2-3-5-14-7)16-17(12,13)8(9,10)11/h6-7H,2-5H2,1H3. The van der Waals surface area contributed by atoms with Crippen LogP contribution in [0.15, 0.2) is 0 Å². The minimum Gasteiger partial charge on any atom is -0.353 e. The summed E-state index contributed by atoms with van der Waals surface area (Å²) in [6.45, 7) is 1.50. The van der Waals surface area contributed by atoms with Crippen molar-refractivity contribution < 1.29 is 35.2 Å². The fourth-order valence-electron chi connectivity index (χ4n) is 1.29. The SMILES string of the molecule is CC(OC1CCCCO1)OS(=O)(=O)C(F)(F)F. The van der Waals surface area contributed by atoms with Crippen LogP contribution in [0.2, 0.25) is 0 Å². The van der Waals surface area contributed by atoms with Crippen LogP contribution in [0.1, 0.15) is 26.2 Å². The molecule has 102 valence electrons. The maximum Gasteiger partial charge on any atom is 0.523 e. The molecule has 1 heterocycles. The van der Waals surface area contributed by atoms with E-state index in [0.29, 0.717) is 13.0 Å². The number of alkyl halides is 3. The van der Waals surface area contributed by atoms with E-state index in [1.54, 1.807) is 0 Å². The van der Waals surface area contributed by atoms with E-state index in [2.05, 4.69) is 4.18 Å². The lowest BCUT2D eigenvalue weighted by atomic mass is 10.2. The van der Waals surface area contributed by atoms with Gasteiger partial charge in [-0.1, -0.05) is 0 Å². The minimum atomic E-state index is -5.63. The van der Waals surface area contributed by atoms with Gasteiger partial charge in [0.2, 0.25) is 0 Å². The molecule has 2 unspecified atom stereocenters. The summed E-state index contributed by atoms with van der Waals surface area (Å²) in [4.78, 5) is 0. The molecule has 0 aliphatic carbocycles. The van der Waals surface area contributed by atoms with Crippen LogP contribution in [-0.4, -0.2) is 33.1 Å². The van der Waals surface area contributed by atoms with Crippen molar-refractivity contribution in [1.82, 2.24) is 0 Å². The fraction of sp³-hybridized carbons (Fsp3) is 1.00. The molecular weight excluding hydrogens is 265 g/mol. The van der Waals surface area contributed by atoms with Gasteiger partial charge >= 0.3 is 15.6 Å². The molecule has 0 aromatic rings. The van der Waals surface area contributed by atoms with Crippen LogP contribution in [0.3, 0.4) is 0 Å². The van der Waals surface area contributed by atoms with Gasteiger partial charge in [-0.2, -0.15) is 21.6 Å². The lowest BCUT2D eigenvalue weighted by Gasteiger charge is -2.25. The molecule has 0 radical (unpaired) electrons. The van der Waals surface area contributed by atoms with E-state index in [9.17, 15) is 21.6 Å². The van der Waals surface area contributed by atoms with Gasteiger partial charge in [0.1, 0.15) is 0 Å². The normalized spacial score (nSPS) is 24.6. The van der Waals surface area contributed by atoms with Crippen molar-refractivity contribution in [3.8, 4) is 0 Å². The summed E-state index contributed by atoms with van der Waals surface area (Å²) in [5, 5.41) is 0. The monoisotopic (exact) mass is 278 g/mol. The zero-order valence-electron chi connectivity index (χ0n) is 9.07. The van der Waals surface area contributed by atoms with E-state index in [1.807, 2.05) is 0 Å². The molecule has 0 bridgehead atoms. The van der Waals surface area contributed by atoms with Gasteiger partial charge in [-0.05, 0) is 26.2 Å². The first kappa shape index (κ1) is 14.7. The summed E-state index contributed by atoms with van der Waals surface area (Å²) in [6, 6.07) is 0. The van der Waals surface area contributed by atoms with Crippen molar-refractivity contribution in [3.63, 3.8) is 0 Å². The fourth-order valence-corrected chi connectivity index (χ4v) is 1.80. The topological polar surface area (TPSA) is 61.8 Å². The first-order chi connectivity index (χ1) is 7.72. The number of ether oxygens (including phenoxy) is 2. The highest BCUT2D eigenvalue weighted by Gasteiger charge is 2.48. The first-order valence-electron chi connectivity index (χ1n) is 4.99. The maximum absolute atomic E-state index is 12.0. The summed E-state index contributed by atoms with van der Waals surface area (Å²) in [5.74, 6) is 0. The minimum absolute atomic E-state index is 0.434. The van der Waals surface area contributed by atoms with Gasteiger partial charge in [-0.25, -0.2) is 4.18 Å². The Morgan fingerprint density at radius 2 is 2.00 bits per heavy atom. The maximum atomic E-state index is 12.0. The Hall–Kier alpha value is -0.380. The van der Waals surface area contributed by atoms with Crippen LogP contribution >= 0.6 is 0 Å². The molecule has 2 atom stereocenters. The predicted molar refractivity (Wildman–Crippen MR) is 50.2 cm³/mol. The molecule has 0 N–H and O–H groups in total. The van der Waals surface area contributed by atoms with Crippen molar-refractivity contribution in [2.45, 2.75) is 44.3 Å². The molecule has 0 aromatic heterocycles. The zero-order chi connectivity index (χ0) is 13.1. The Morgan fingerprint density at radius 3 is 2.47 bits per heavy atom. The van der Waals surface area contributed by atoms with Crippen LogP contribution in [0, 0.1) is 0 Å². The Labute approximate surface area is 97.0 Å². The van der Waals surface area contributed by atoms with Crippen LogP contribution < -0.4 is 0 Å². The van der Waals surface area contributed by atoms with Crippen LogP contribution in [0.25, 0.3) is 0 Å². The third-order valence-electron chi connectivity index (χ3n) is 2.03. The number of rotatable bonds is 4. The summed E-state index contributed by atoms with van der Waals surface area (Å²) < 4.78 is 71.0. The van der Waals surface area contributed by atoms with Gasteiger partial charge in [0, 0.05) is 6.61 Å². The lowest BCUT2D eigenvalue weighted by molar-refractivity contribution is -0.227. The van der Waals surface area contributed by atoms with Crippen LogP contribution in [0.4, 0.5) is 13.2 Å². The molecule has 0 aromatic carbocycles. The number of halogens is 3. The van der Waals surface area contributed by atoms with Crippen molar-refractivity contribution in [2.75, 3.05) is 6.61 Å². The molecule has 1 saturated heterocycles. The summed E-state index contributed by atoms with van der Waals surface area (Å²) in [5.41, 5.74) is -5.45. The molecular formula is C8H13F3O5S. The second kappa shape index (κ2) is 5.51. The number of hydrogen-bond acceptors (Lipinski definition) is 5. The smallest absolute Gasteiger partial charge is 0.353 e. The molecule has 9 heteroatoms. The second-order valence-corrected chi connectivity index (χ2v) is 5.06. The van der Waals surface area contributed by atoms with Gasteiger partial charge in [0.15, 0.2) is 12.6 Å². The lowest BCUT2D eigenvalue weighted by Crippen LogP contribution is -2.33. The van der Waals surface area contributed by atoms with Gasteiger partial charge in [0.05, 0.1) is 0 Å². The van der Waals surface area contributed by atoms with E-state index >= 15 is 0 Å². The predicted octanol–water partition coefficient (Wildman–Crippen LogP) is 1.74. The molecule has 1 aliphatic heterocycles. The van der Waals surface area contributed by atoms with Gasteiger partial charge < -0.3 is 9.47 Å². The summed E-state index contributed by atoms with van der Waals surface area (Å²) in [7, 11) is -5.63. The van der Waals surface area contributed by atoms with Crippen molar-refractivity contribution >= 4 is 10.1 Å². The highest BCUT2D eigenvalue weighted by atomic mass is 32.2. The first-order valence-corrected chi connectivity index (χ1v) is 6.40.